The molecule has 0 aliphatic rings. The van der Waals surface area contributed by atoms with Crippen LogP contribution in [0.15, 0.2) is 71.6 Å². The van der Waals surface area contributed by atoms with Gasteiger partial charge < -0.3 is 25.9 Å². The Labute approximate surface area is 176 Å². The number of amides is 3. The van der Waals surface area contributed by atoms with Gasteiger partial charge in [0.15, 0.2) is 12.3 Å². The fourth-order valence-corrected chi connectivity index (χ4v) is 2.95. The number of aromatic nitrogens is 3. The topological polar surface area (TPSA) is 151 Å². The minimum Gasteiger partial charge on any atom is -0.484 e. The van der Waals surface area contributed by atoms with Crippen LogP contribution in [0.3, 0.4) is 0 Å². The number of anilines is 1. The second kappa shape index (κ2) is 8.41. The summed E-state index contributed by atoms with van der Waals surface area (Å²) in [6.07, 6.45) is 4.53. The van der Waals surface area contributed by atoms with Gasteiger partial charge in [0, 0.05) is 0 Å². The van der Waals surface area contributed by atoms with Crippen LogP contribution in [0.4, 0.5) is 10.5 Å². The van der Waals surface area contributed by atoms with Crippen molar-refractivity contribution < 1.29 is 18.7 Å². The average Bonchev–Trinajstić information content (AvgIpc) is 3.42. The van der Waals surface area contributed by atoms with E-state index in [0.29, 0.717) is 17.3 Å². The minimum absolute atomic E-state index is 0.0845. The number of nitrogens with two attached hydrogens (primary N) is 2. The lowest BCUT2D eigenvalue weighted by atomic mass is 10.1. The molecular weight excluding hydrogens is 400 g/mol. The summed E-state index contributed by atoms with van der Waals surface area (Å²) >= 11 is 0. The number of carbonyl (C=O) groups excluding carboxylic acids is 2. The number of primary amides is 2. The predicted molar refractivity (Wildman–Crippen MR) is 112 cm³/mol. The van der Waals surface area contributed by atoms with Crippen LogP contribution in [0.5, 0.6) is 5.75 Å². The lowest BCUT2D eigenvalue weighted by Crippen LogP contribution is -2.22. The van der Waals surface area contributed by atoms with Gasteiger partial charge in [-0.3, -0.25) is 4.79 Å². The number of carbonyl (C=O) groups is 2. The summed E-state index contributed by atoms with van der Waals surface area (Å²) in [5.74, 6) is 0.398. The zero-order valence-corrected chi connectivity index (χ0v) is 16.2. The van der Waals surface area contributed by atoms with Crippen LogP contribution in [-0.2, 0) is 6.61 Å². The van der Waals surface area contributed by atoms with E-state index < -0.39 is 11.9 Å². The van der Waals surface area contributed by atoms with Crippen LogP contribution < -0.4 is 21.5 Å². The molecule has 2 heterocycles. The average molecular weight is 418 g/mol. The van der Waals surface area contributed by atoms with E-state index in [9.17, 15) is 9.59 Å². The van der Waals surface area contributed by atoms with Gasteiger partial charge >= 0.3 is 6.03 Å². The Kier molecular flexibility index (Phi) is 5.35. The molecule has 4 aromatic rings. The monoisotopic (exact) mass is 418 g/mol. The summed E-state index contributed by atoms with van der Waals surface area (Å²) in [6, 6.07) is 14.2. The van der Waals surface area contributed by atoms with Crippen molar-refractivity contribution in [3.8, 4) is 22.6 Å². The van der Waals surface area contributed by atoms with E-state index in [0.717, 1.165) is 11.1 Å². The van der Waals surface area contributed by atoms with Crippen LogP contribution in [0.1, 0.15) is 16.4 Å². The molecule has 156 valence electrons. The highest BCUT2D eigenvalue weighted by molar-refractivity contribution is 6.00. The highest BCUT2D eigenvalue weighted by atomic mass is 16.5. The van der Waals surface area contributed by atoms with Gasteiger partial charge in [-0.2, -0.15) is 5.10 Å². The Balaban J connectivity index is 1.54. The molecule has 31 heavy (non-hydrogen) atoms. The van der Waals surface area contributed by atoms with E-state index in [1.54, 1.807) is 6.20 Å². The number of benzene rings is 2. The number of oxazole rings is 1. The van der Waals surface area contributed by atoms with Gasteiger partial charge in [-0.05, 0) is 35.4 Å². The van der Waals surface area contributed by atoms with Gasteiger partial charge in [-0.25, -0.2) is 14.5 Å². The fraction of sp³-hybridized carbons (Fsp3) is 0.0476. The summed E-state index contributed by atoms with van der Waals surface area (Å²) < 4.78 is 12.3. The van der Waals surface area contributed by atoms with E-state index in [1.807, 2.05) is 48.5 Å². The van der Waals surface area contributed by atoms with Crippen molar-refractivity contribution >= 4 is 17.6 Å². The van der Waals surface area contributed by atoms with Crippen LogP contribution >= 0.6 is 0 Å². The third-order valence-corrected chi connectivity index (χ3v) is 4.35. The first-order valence-electron chi connectivity index (χ1n) is 9.17. The van der Waals surface area contributed by atoms with E-state index in [1.165, 1.54) is 17.1 Å². The molecule has 0 spiro atoms. The van der Waals surface area contributed by atoms with Crippen LogP contribution in [0.25, 0.3) is 16.8 Å². The van der Waals surface area contributed by atoms with Crippen molar-refractivity contribution in [2.24, 2.45) is 11.5 Å². The quantitative estimate of drug-likeness (QED) is 0.420. The molecule has 4 rings (SSSR count). The molecule has 0 saturated carbocycles. The second-order valence-electron chi connectivity index (χ2n) is 6.48. The molecule has 0 radical (unpaired) electrons. The summed E-state index contributed by atoms with van der Waals surface area (Å²) in [7, 11) is 0. The molecule has 10 heteroatoms. The van der Waals surface area contributed by atoms with Gasteiger partial charge in [0.25, 0.3) is 5.91 Å². The molecule has 0 atom stereocenters. The maximum Gasteiger partial charge on any atom is 0.316 e. The maximum absolute atomic E-state index is 11.6. The van der Waals surface area contributed by atoms with Crippen molar-refractivity contribution in [3.05, 3.63) is 78.8 Å². The molecular formula is C21H18N6O4. The highest BCUT2D eigenvalue weighted by Gasteiger charge is 2.16. The zero-order chi connectivity index (χ0) is 21.8. The second-order valence-corrected chi connectivity index (χ2v) is 6.48. The van der Waals surface area contributed by atoms with Gasteiger partial charge in [-0.1, -0.05) is 24.3 Å². The standard InChI is InChI=1S/C21H18N6O4/c22-20(28)19-17(25-21(23)29)11-27(26-19)15-6-4-13(5-7-15)14-2-1-3-16(10-14)31-12-18-24-8-9-30-18/h1-11H,12H2,(H2,22,28)(H3,23,25,29). The molecule has 0 fully saturated rings. The molecule has 3 amide bonds. The lowest BCUT2D eigenvalue weighted by molar-refractivity contribution is 0.0996. The Bertz CT molecular complexity index is 1220. The number of rotatable bonds is 7. The van der Waals surface area contributed by atoms with Gasteiger partial charge in [0.1, 0.15) is 12.0 Å². The number of nitrogens with zero attached hydrogens (tertiary/aromatic N) is 3. The third kappa shape index (κ3) is 4.53. The Hall–Kier alpha value is -4.60. The van der Waals surface area contributed by atoms with E-state index in [4.69, 9.17) is 20.6 Å². The first kappa shape index (κ1) is 19.7. The minimum atomic E-state index is -0.817. The summed E-state index contributed by atoms with van der Waals surface area (Å²) in [5.41, 5.74) is 13.1. The van der Waals surface area contributed by atoms with Crippen molar-refractivity contribution in [2.75, 3.05) is 5.32 Å². The van der Waals surface area contributed by atoms with E-state index in [-0.39, 0.29) is 18.0 Å². The van der Waals surface area contributed by atoms with Gasteiger partial charge in [0.05, 0.1) is 23.8 Å². The number of hydrogen-bond donors (Lipinski definition) is 3. The van der Waals surface area contributed by atoms with Crippen LogP contribution in [-0.4, -0.2) is 26.7 Å². The number of nitrogens with one attached hydrogen (secondary N) is 1. The molecule has 0 unspecified atom stereocenters. The molecule has 0 aliphatic carbocycles. The van der Waals surface area contributed by atoms with Crippen molar-refractivity contribution in [1.82, 2.24) is 14.8 Å². The molecule has 10 nitrogen and oxygen atoms in total. The Morgan fingerprint density at radius 1 is 1.10 bits per heavy atom. The molecule has 2 aromatic carbocycles. The van der Waals surface area contributed by atoms with Crippen LogP contribution in [0.2, 0.25) is 0 Å². The summed E-state index contributed by atoms with van der Waals surface area (Å²) in [4.78, 5) is 26.7. The van der Waals surface area contributed by atoms with Gasteiger partial charge in [-0.15, -0.1) is 0 Å². The van der Waals surface area contributed by atoms with E-state index >= 15 is 0 Å². The third-order valence-electron chi connectivity index (χ3n) is 4.35. The highest BCUT2D eigenvalue weighted by Crippen LogP contribution is 2.26. The molecule has 2 aromatic heterocycles. The molecule has 0 saturated heterocycles. The Morgan fingerprint density at radius 3 is 2.58 bits per heavy atom. The van der Waals surface area contributed by atoms with Gasteiger partial charge in [0.2, 0.25) is 5.89 Å². The smallest absolute Gasteiger partial charge is 0.316 e. The summed E-state index contributed by atoms with van der Waals surface area (Å²) in [6.45, 7) is 0.235. The lowest BCUT2D eigenvalue weighted by Gasteiger charge is -2.08. The zero-order valence-electron chi connectivity index (χ0n) is 16.2. The predicted octanol–water partition coefficient (Wildman–Crippen LogP) is 2.70. The first-order valence-corrected chi connectivity index (χ1v) is 9.17. The van der Waals surface area contributed by atoms with Crippen LogP contribution in [0, 0.1) is 0 Å². The molecule has 5 N–H and O–H groups in total. The largest absolute Gasteiger partial charge is 0.484 e. The number of urea groups is 1. The maximum atomic E-state index is 11.6. The SMILES string of the molecule is NC(=O)Nc1cn(-c2ccc(-c3cccc(OCc4ncco4)c3)cc2)nc1C(N)=O. The number of ether oxygens (including phenoxy) is 1. The molecule has 0 bridgehead atoms. The fourth-order valence-electron chi connectivity index (χ4n) is 2.95. The molecule has 0 aliphatic heterocycles. The van der Waals surface area contributed by atoms with Crippen molar-refractivity contribution in [3.63, 3.8) is 0 Å². The van der Waals surface area contributed by atoms with E-state index in [2.05, 4.69) is 15.4 Å². The summed E-state index contributed by atoms with van der Waals surface area (Å²) in [5, 5.41) is 6.48. The van der Waals surface area contributed by atoms with Crippen molar-refractivity contribution in [1.29, 1.82) is 0 Å². The number of hydrogen-bond acceptors (Lipinski definition) is 6. The Morgan fingerprint density at radius 2 is 1.90 bits per heavy atom. The first-order chi connectivity index (χ1) is 15.0. The normalized spacial score (nSPS) is 10.6. The van der Waals surface area contributed by atoms with Crippen molar-refractivity contribution in [2.45, 2.75) is 6.61 Å².